The van der Waals surface area contributed by atoms with E-state index < -0.39 is 0 Å². The molecule has 1 unspecified atom stereocenters. The highest BCUT2D eigenvalue weighted by Crippen LogP contribution is 2.17. The van der Waals surface area contributed by atoms with Gasteiger partial charge in [-0.3, -0.25) is 4.90 Å². The maximum atomic E-state index is 5.81. The number of likely N-dealkylation sites (tertiary alicyclic amines) is 1. The molecular formula is C9H15Cl2N. The van der Waals surface area contributed by atoms with Gasteiger partial charge in [0.25, 0.3) is 0 Å². The minimum Gasteiger partial charge on any atom is -0.299 e. The van der Waals surface area contributed by atoms with Crippen molar-refractivity contribution in [1.29, 1.82) is 0 Å². The van der Waals surface area contributed by atoms with E-state index in [9.17, 15) is 0 Å². The van der Waals surface area contributed by atoms with E-state index >= 15 is 0 Å². The van der Waals surface area contributed by atoms with Gasteiger partial charge in [0.2, 0.25) is 0 Å². The summed E-state index contributed by atoms with van der Waals surface area (Å²) in [5.74, 6) is 1.48. The zero-order chi connectivity index (χ0) is 8.81. The zero-order valence-corrected chi connectivity index (χ0v) is 8.69. The number of halogens is 2. The van der Waals surface area contributed by atoms with Crippen molar-refractivity contribution in [3.05, 3.63) is 11.6 Å². The summed E-state index contributed by atoms with van der Waals surface area (Å²) in [6, 6.07) is 0. The fraction of sp³-hybridized carbons (Fsp3) is 0.778. The van der Waals surface area contributed by atoms with Crippen LogP contribution in [-0.2, 0) is 0 Å². The van der Waals surface area contributed by atoms with Crippen LogP contribution in [0, 0.1) is 5.92 Å². The Morgan fingerprint density at radius 2 is 2.33 bits per heavy atom. The van der Waals surface area contributed by atoms with E-state index in [1.807, 2.05) is 6.08 Å². The van der Waals surface area contributed by atoms with Crippen LogP contribution in [0.5, 0.6) is 0 Å². The second kappa shape index (κ2) is 5.85. The summed E-state index contributed by atoms with van der Waals surface area (Å²) in [5, 5.41) is 0. The van der Waals surface area contributed by atoms with Crippen molar-refractivity contribution < 1.29 is 0 Å². The van der Waals surface area contributed by atoms with E-state index in [2.05, 4.69) is 4.90 Å². The molecular weight excluding hydrogens is 193 g/mol. The molecule has 0 radical (unpaired) electrons. The van der Waals surface area contributed by atoms with Crippen LogP contribution < -0.4 is 0 Å². The Morgan fingerprint density at radius 1 is 1.50 bits per heavy atom. The van der Waals surface area contributed by atoms with Crippen LogP contribution in [0.4, 0.5) is 0 Å². The monoisotopic (exact) mass is 207 g/mol. The van der Waals surface area contributed by atoms with E-state index in [4.69, 9.17) is 23.2 Å². The molecule has 0 aromatic heterocycles. The van der Waals surface area contributed by atoms with E-state index in [0.717, 1.165) is 19.0 Å². The summed E-state index contributed by atoms with van der Waals surface area (Å²) in [4.78, 5) is 2.40. The van der Waals surface area contributed by atoms with E-state index in [-0.39, 0.29) is 0 Å². The molecule has 1 atom stereocenters. The molecule has 12 heavy (non-hydrogen) atoms. The van der Waals surface area contributed by atoms with Gasteiger partial charge in [-0.25, -0.2) is 0 Å². The molecule has 0 amide bonds. The summed E-state index contributed by atoms with van der Waals surface area (Å²) in [6.07, 6.45) is 4.54. The molecule has 0 aromatic carbocycles. The fourth-order valence-corrected chi connectivity index (χ4v) is 1.96. The first-order valence-corrected chi connectivity index (χ1v) is 5.37. The highest BCUT2D eigenvalue weighted by molar-refractivity contribution is 6.25. The smallest absolute Gasteiger partial charge is 0.0263 e. The molecule has 1 fully saturated rings. The average molecular weight is 208 g/mol. The molecule has 1 aliphatic heterocycles. The van der Waals surface area contributed by atoms with Crippen molar-refractivity contribution in [3.8, 4) is 0 Å². The molecule has 0 aliphatic carbocycles. The molecule has 3 heteroatoms. The molecule has 0 bridgehead atoms. The molecule has 70 valence electrons. The van der Waals surface area contributed by atoms with Gasteiger partial charge < -0.3 is 0 Å². The Hall–Kier alpha value is 0.280. The third-order valence-electron chi connectivity index (χ3n) is 2.27. The lowest BCUT2D eigenvalue weighted by atomic mass is 10.0. The predicted molar refractivity (Wildman–Crippen MR) is 54.9 cm³/mol. The molecule has 1 rings (SSSR count). The van der Waals surface area contributed by atoms with Gasteiger partial charge in [0.1, 0.15) is 0 Å². The molecule has 1 nitrogen and oxygen atoms in total. The lowest BCUT2D eigenvalue weighted by molar-refractivity contribution is 0.203. The quantitative estimate of drug-likeness (QED) is 0.644. The van der Waals surface area contributed by atoms with Gasteiger partial charge in [0.15, 0.2) is 0 Å². The van der Waals surface area contributed by atoms with E-state index in [1.54, 1.807) is 5.54 Å². The van der Waals surface area contributed by atoms with Crippen molar-refractivity contribution in [3.63, 3.8) is 0 Å². The molecule has 0 spiro atoms. The molecule has 1 saturated heterocycles. The van der Waals surface area contributed by atoms with Crippen molar-refractivity contribution in [2.24, 2.45) is 5.92 Å². The standard InChI is InChI=1S/C9H15Cl2N/c10-4-2-6-12-5-1-3-9(7-11)8-12/h2,4,9H,1,3,5-8H2/b4-2+. The van der Waals surface area contributed by atoms with Crippen molar-refractivity contribution in [1.82, 2.24) is 4.90 Å². The zero-order valence-electron chi connectivity index (χ0n) is 7.18. The first kappa shape index (κ1) is 10.4. The largest absolute Gasteiger partial charge is 0.299 e. The van der Waals surface area contributed by atoms with Gasteiger partial charge in [-0.05, 0) is 25.3 Å². The second-order valence-corrected chi connectivity index (χ2v) is 3.84. The van der Waals surface area contributed by atoms with E-state index in [1.165, 1.54) is 19.4 Å². The fourth-order valence-electron chi connectivity index (χ4n) is 1.63. The molecule has 0 N–H and O–H groups in total. The molecule has 0 aromatic rings. The molecule has 1 heterocycles. The van der Waals surface area contributed by atoms with E-state index in [0.29, 0.717) is 5.92 Å². The number of hydrogen-bond donors (Lipinski definition) is 0. The second-order valence-electron chi connectivity index (χ2n) is 3.28. The summed E-state index contributed by atoms with van der Waals surface area (Å²) < 4.78 is 0. The van der Waals surface area contributed by atoms with Crippen LogP contribution >= 0.6 is 23.2 Å². The Morgan fingerprint density at radius 3 is 3.00 bits per heavy atom. The van der Waals surface area contributed by atoms with Gasteiger partial charge in [0, 0.05) is 24.5 Å². The maximum absolute atomic E-state index is 5.81. The van der Waals surface area contributed by atoms with Crippen LogP contribution in [0.3, 0.4) is 0 Å². The summed E-state index contributed by atoms with van der Waals surface area (Å²) >= 11 is 11.3. The van der Waals surface area contributed by atoms with Gasteiger partial charge in [-0.1, -0.05) is 17.7 Å². The molecule has 1 aliphatic rings. The summed E-state index contributed by atoms with van der Waals surface area (Å²) in [6.45, 7) is 3.29. The normalized spacial score (nSPS) is 26.7. The number of nitrogens with zero attached hydrogens (tertiary/aromatic N) is 1. The van der Waals surface area contributed by atoms with Crippen molar-refractivity contribution in [2.45, 2.75) is 12.8 Å². The van der Waals surface area contributed by atoms with Gasteiger partial charge in [-0.15, -0.1) is 11.6 Å². The van der Waals surface area contributed by atoms with Gasteiger partial charge in [0.05, 0.1) is 0 Å². The van der Waals surface area contributed by atoms with Crippen molar-refractivity contribution >= 4 is 23.2 Å². The number of piperidine rings is 1. The Kier molecular flexibility index (Phi) is 5.05. The van der Waals surface area contributed by atoms with Gasteiger partial charge >= 0.3 is 0 Å². The minimum absolute atomic E-state index is 0.684. The highest BCUT2D eigenvalue weighted by atomic mass is 35.5. The Labute approximate surface area is 84.3 Å². The van der Waals surface area contributed by atoms with Gasteiger partial charge in [-0.2, -0.15) is 0 Å². The lowest BCUT2D eigenvalue weighted by Crippen LogP contribution is -2.36. The number of alkyl halides is 1. The number of hydrogen-bond acceptors (Lipinski definition) is 1. The topological polar surface area (TPSA) is 3.24 Å². The summed E-state index contributed by atoms with van der Waals surface area (Å²) in [7, 11) is 0. The van der Waals surface area contributed by atoms with Crippen LogP contribution in [0.15, 0.2) is 11.6 Å². The third kappa shape index (κ3) is 3.34. The lowest BCUT2D eigenvalue weighted by Gasteiger charge is -2.30. The first-order chi connectivity index (χ1) is 5.86. The van der Waals surface area contributed by atoms with Crippen molar-refractivity contribution in [2.75, 3.05) is 25.5 Å². The van der Waals surface area contributed by atoms with Crippen LogP contribution in [-0.4, -0.2) is 30.4 Å². The minimum atomic E-state index is 0.684. The third-order valence-corrected chi connectivity index (χ3v) is 2.89. The Balaban J connectivity index is 2.25. The SMILES string of the molecule is Cl/C=C/CN1CCCC(CCl)C1. The maximum Gasteiger partial charge on any atom is 0.0263 e. The van der Waals surface area contributed by atoms with Crippen LogP contribution in [0.1, 0.15) is 12.8 Å². The van der Waals surface area contributed by atoms with Crippen LogP contribution in [0.2, 0.25) is 0 Å². The first-order valence-electron chi connectivity index (χ1n) is 4.40. The molecule has 0 saturated carbocycles. The predicted octanol–water partition coefficient (Wildman–Crippen LogP) is 2.69. The summed E-state index contributed by atoms with van der Waals surface area (Å²) in [5.41, 5.74) is 1.59. The highest BCUT2D eigenvalue weighted by Gasteiger charge is 2.17. The average Bonchev–Trinajstić information content (AvgIpc) is 2.15. The number of rotatable bonds is 3. The Bertz CT molecular complexity index is 147. The van der Waals surface area contributed by atoms with Crippen LogP contribution in [0.25, 0.3) is 0 Å².